The second-order valence-corrected chi connectivity index (χ2v) is 7.25. The second-order valence-electron chi connectivity index (χ2n) is 7.25. The Hall–Kier alpha value is -1.79. The van der Waals surface area contributed by atoms with Crippen LogP contribution in [0.1, 0.15) is 65.7 Å². The van der Waals surface area contributed by atoms with Gasteiger partial charge in [-0.2, -0.15) is 0 Å². The van der Waals surface area contributed by atoms with Gasteiger partial charge in [0.2, 0.25) is 5.91 Å². The van der Waals surface area contributed by atoms with Crippen LogP contribution in [0.4, 0.5) is 4.79 Å². The van der Waals surface area contributed by atoms with Crippen LogP contribution < -0.4 is 16.0 Å². The van der Waals surface area contributed by atoms with Gasteiger partial charge in [0, 0.05) is 18.9 Å². The molecule has 2 atom stereocenters. The van der Waals surface area contributed by atoms with Crippen LogP contribution in [0, 0.1) is 0 Å². The number of carbonyl (C=O) groups is 3. The Balaban J connectivity index is 1.74. The largest absolute Gasteiger partial charge is 0.463 e. The van der Waals surface area contributed by atoms with Crippen molar-refractivity contribution in [3.8, 4) is 0 Å². The first-order valence-corrected chi connectivity index (χ1v) is 8.88. The number of nitrogens with one attached hydrogen (secondary N) is 3. The predicted octanol–water partition coefficient (Wildman–Crippen LogP) is 1.61. The lowest BCUT2D eigenvalue weighted by atomic mass is 9.68. The monoisotopic (exact) mass is 339 g/mol. The van der Waals surface area contributed by atoms with Gasteiger partial charge in [-0.1, -0.05) is 0 Å². The summed E-state index contributed by atoms with van der Waals surface area (Å²) in [6.45, 7) is 5.49. The first kappa shape index (κ1) is 18.5. The molecule has 0 radical (unpaired) electrons. The van der Waals surface area contributed by atoms with E-state index < -0.39 is 0 Å². The molecule has 7 nitrogen and oxygen atoms in total. The van der Waals surface area contributed by atoms with Crippen molar-refractivity contribution in [2.75, 3.05) is 0 Å². The minimum atomic E-state index is -0.253. The first-order valence-electron chi connectivity index (χ1n) is 8.88. The molecular formula is C17H29N3O4. The Kier molecular flexibility index (Phi) is 6.07. The van der Waals surface area contributed by atoms with Gasteiger partial charge in [-0.05, 0) is 52.9 Å². The van der Waals surface area contributed by atoms with Crippen LogP contribution in [0.15, 0.2) is 0 Å². The molecule has 1 saturated heterocycles. The fraction of sp³-hybridized carbons (Fsp3) is 0.824. The quantitative estimate of drug-likeness (QED) is 0.641. The second kappa shape index (κ2) is 7.85. The molecule has 2 aliphatic rings. The van der Waals surface area contributed by atoms with Crippen LogP contribution in [-0.4, -0.2) is 41.6 Å². The van der Waals surface area contributed by atoms with E-state index >= 15 is 0 Å². The topological polar surface area (TPSA) is 96.5 Å². The van der Waals surface area contributed by atoms with Gasteiger partial charge >= 0.3 is 12.0 Å². The van der Waals surface area contributed by atoms with Crippen LogP contribution in [0.5, 0.6) is 0 Å². The smallest absolute Gasteiger partial charge is 0.315 e. The van der Waals surface area contributed by atoms with E-state index in [1.54, 1.807) is 0 Å². The standard InChI is InChI=1S/C17H29N3O4/c1-11(2)24-15(22)8-5-12(3)18-16(23)19-13-6-7-14(21)20-17(13)9-4-10-17/h11-13H,4-10H2,1-3H3,(H,20,21)(H2,18,19,23)/t12-,13-/m1/s1. The Bertz CT molecular complexity index is 488. The Morgan fingerprint density at radius 1 is 1.33 bits per heavy atom. The average Bonchev–Trinajstić information content (AvgIpc) is 2.44. The Labute approximate surface area is 143 Å². The summed E-state index contributed by atoms with van der Waals surface area (Å²) < 4.78 is 5.08. The molecule has 1 heterocycles. The van der Waals surface area contributed by atoms with Gasteiger partial charge in [-0.25, -0.2) is 4.79 Å². The molecule has 3 amide bonds. The maximum absolute atomic E-state index is 12.2. The van der Waals surface area contributed by atoms with E-state index in [9.17, 15) is 14.4 Å². The van der Waals surface area contributed by atoms with Gasteiger partial charge in [-0.15, -0.1) is 0 Å². The zero-order valence-corrected chi connectivity index (χ0v) is 14.8. The van der Waals surface area contributed by atoms with Gasteiger partial charge in [0.15, 0.2) is 0 Å². The zero-order chi connectivity index (χ0) is 17.7. The maximum atomic E-state index is 12.2. The normalized spacial score (nSPS) is 23.2. The lowest BCUT2D eigenvalue weighted by molar-refractivity contribution is -0.147. The number of carbonyl (C=O) groups excluding carboxylic acids is 3. The average molecular weight is 339 g/mol. The van der Waals surface area contributed by atoms with Gasteiger partial charge in [0.1, 0.15) is 0 Å². The van der Waals surface area contributed by atoms with Crippen LogP contribution in [0.3, 0.4) is 0 Å². The summed E-state index contributed by atoms with van der Waals surface area (Å²) in [5.41, 5.74) is -0.253. The first-order chi connectivity index (χ1) is 11.3. The fourth-order valence-corrected chi connectivity index (χ4v) is 3.37. The highest BCUT2D eigenvalue weighted by atomic mass is 16.5. The van der Waals surface area contributed by atoms with Crippen molar-refractivity contribution in [2.24, 2.45) is 0 Å². The van der Waals surface area contributed by atoms with Crippen LogP contribution in [0.25, 0.3) is 0 Å². The van der Waals surface area contributed by atoms with Crippen molar-refractivity contribution < 1.29 is 19.1 Å². The highest BCUT2D eigenvalue weighted by Gasteiger charge is 2.48. The number of hydrogen-bond acceptors (Lipinski definition) is 4. The van der Waals surface area contributed by atoms with Crippen LogP contribution >= 0.6 is 0 Å². The van der Waals surface area contributed by atoms with E-state index in [0.717, 1.165) is 19.3 Å². The lowest BCUT2D eigenvalue weighted by Crippen LogP contribution is -2.69. The number of piperidine rings is 1. The minimum Gasteiger partial charge on any atom is -0.463 e. The molecule has 1 saturated carbocycles. The maximum Gasteiger partial charge on any atom is 0.315 e. The summed E-state index contributed by atoms with van der Waals surface area (Å²) in [6.07, 6.45) is 4.73. The van der Waals surface area contributed by atoms with Gasteiger partial charge < -0.3 is 20.7 Å². The van der Waals surface area contributed by atoms with E-state index in [0.29, 0.717) is 19.3 Å². The number of hydrogen-bond donors (Lipinski definition) is 3. The Morgan fingerprint density at radius 2 is 2.04 bits per heavy atom. The van der Waals surface area contributed by atoms with Gasteiger partial charge in [-0.3, -0.25) is 9.59 Å². The van der Waals surface area contributed by atoms with Gasteiger partial charge in [0.05, 0.1) is 17.7 Å². The van der Waals surface area contributed by atoms with Crippen molar-refractivity contribution in [3.63, 3.8) is 0 Å². The summed E-state index contributed by atoms with van der Waals surface area (Å²) in [4.78, 5) is 35.4. The predicted molar refractivity (Wildman–Crippen MR) is 89.3 cm³/mol. The molecule has 1 aliphatic carbocycles. The summed E-state index contributed by atoms with van der Waals surface area (Å²) in [6, 6.07) is -0.394. The third-order valence-corrected chi connectivity index (χ3v) is 4.79. The molecule has 0 aromatic heterocycles. The van der Waals surface area contributed by atoms with Gasteiger partial charge in [0.25, 0.3) is 0 Å². The van der Waals surface area contributed by atoms with Crippen molar-refractivity contribution in [2.45, 2.75) is 89.4 Å². The van der Waals surface area contributed by atoms with Crippen molar-refractivity contribution in [1.29, 1.82) is 0 Å². The zero-order valence-electron chi connectivity index (χ0n) is 14.8. The van der Waals surface area contributed by atoms with E-state index in [4.69, 9.17) is 4.74 Å². The molecule has 2 rings (SSSR count). The molecule has 136 valence electrons. The summed E-state index contributed by atoms with van der Waals surface area (Å²) in [5.74, 6) is -0.173. The Morgan fingerprint density at radius 3 is 2.62 bits per heavy atom. The van der Waals surface area contributed by atoms with E-state index in [1.165, 1.54) is 0 Å². The number of esters is 1. The number of urea groups is 1. The summed E-state index contributed by atoms with van der Waals surface area (Å²) in [7, 11) is 0. The molecule has 1 spiro atoms. The lowest BCUT2D eigenvalue weighted by Gasteiger charge is -2.50. The molecule has 24 heavy (non-hydrogen) atoms. The number of rotatable bonds is 6. The molecular weight excluding hydrogens is 310 g/mol. The number of ether oxygens (including phenoxy) is 1. The highest BCUT2D eigenvalue weighted by molar-refractivity contribution is 5.80. The molecule has 0 aromatic carbocycles. The fourth-order valence-electron chi connectivity index (χ4n) is 3.37. The van der Waals surface area contributed by atoms with Crippen molar-refractivity contribution in [3.05, 3.63) is 0 Å². The summed E-state index contributed by atoms with van der Waals surface area (Å²) in [5, 5.41) is 8.92. The molecule has 7 heteroatoms. The van der Waals surface area contributed by atoms with Crippen molar-refractivity contribution >= 4 is 17.9 Å². The SMILES string of the molecule is CC(C)OC(=O)CC[C@@H](C)NC(=O)N[C@@H]1CCC(=O)NC12CCC2. The van der Waals surface area contributed by atoms with Crippen LogP contribution in [-0.2, 0) is 14.3 Å². The highest BCUT2D eigenvalue weighted by Crippen LogP contribution is 2.38. The third-order valence-electron chi connectivity index (χ3n) is 4.79. The van der Waals surface area contributed by atoms with E-state index in [-0.39, 0.29) is 48.1 Å². The molecule has 2 fully saturated rings. The molecule has 1 aliphatic heterocycles. The van der Waals surface area contributed by atoms with E-state index in [2.05, 4.69) is 16.0 Å². The van der Waals surface area contributed by atoms with Crippen molar-refractivity contribution in [1.82, 2.24) is 16.0 Å². The van der Waals surface area contributed by atoms with E-state index in [1.807, 2.05) is 20.8 Å². The minimum absolute atomic E-state index is 0.0259. The van der Waals surface area contributed by atoms with Crippen LogP contribution in [0.2, 0.25) is 0 Å². The summed E-state index contributed by atoms with van der Waals surface area (Å²) >= 11 is 0. The molecule has 0 unspecified atom stereocenters. The molecule has 0 aromatic rings. The molecule has 3 N–H and O–H groups in total. The molecule has 0 bridgehead atoms. The third kappa shape index (κ3) is 4.85. The number of amides is 3.